The predicted molar refractivity (Wildman–Crippen MR) is 48.7 cm³/mol. The lowest BCUT2D eigenvalue weighted by Crippen LogP contribution is -2.27. The van der Waals surface area contributed by atoms with Crippen LogP contribution in [-0.2, 0) is 23.9 Å². The lowest BCUT2D eigenvalue weighted by atomic mass is 9.84. The second-order valence-electron chi connectivity index (χ2n) is 3.73. The maximum atomic E-state index is 11.2. The summed E-state index contributed by atoms with van der Waals surface area (Å²) >= 11 is 0. The molecule has 82 valence electrons. The highest BCUT2D eigenvalue weighted by molar-refractivity contribution is 5.98. The zero-order valence-electron chi connectivity index (χ0n) is 8.61. The molecule has 1 heterocycles. The van der Waals surface area contributed by atoms with Crippen molar-refractivity contribution in [2.24, 2.45) is 11.8 Å². The smallest absolute Gasteiger partial charge is 0.317 e. The molecule has 15 heavy (non-hydrogen) atoms. The average Bonchev–Trinajstić information content (AvgIpc) is 2.40. The Morgan fingerprint density at radius 3 is 2.33 bits per heavy atom. The van der Waals surface area contributed by atoms with E-state index in [1.54, 1.807) is 0 Å². The van der Waals surface area contributed by atoms with Gasteiger partial charge in [-0.3, -0.25) is 14.4 Å². The summed E-state index contributed by atoms with van der Waals surface area (Å²) in [6, 6.07) is 0. The van der Waals surface area contributed by atoms with Gasteiger partial charge in [-0.25, -0.2) is 0 Å². The Morgan fingerprint density at radius 1 is 1.40 bits per heavy atom. The minimum absolute atomic E-state index is 0.0115. The van der Waals surface area contributed by atoms with Gasteiger partial charge in [0.05, 0.1) is 12.3 Å². The van der Waals surface area contributed by atoms with Crippen LogP contribution in [0.25, 0.3) is 0 Å². The average molecular weight is 212 g/mol. The van der Waals surface area contributed by atoms with Gasteiger partial charge in [0.1, 0.15) is 11.6 Å². The van der Waals surface area contributed by atoms with Crippen LogP contribution in [0.15, 0.2) is 0 Å². The van der Waals surface area contributed by atoms with E-state index in [0.717, 1.165) is 0 Å². The summed E-state index contributed by atoms with van der Waals surface area (Å²) < 4.78 is 4.35. The molecule has 0 aromatic heterocycles. The van der Waals surface area contributed by atoms with E-state index in [9.17, 15) is 19.2 Å². The molecule has 1 fully saturated rings. The van der Waals surface area contributed by atoms with Crippen molar-refractivity contribution >= 4 is 23.5 Å². The number of hydrogen-bond acceptors (Lipinski definition) is 5. The molecule has 1 aliphatic rings. The van der Waals surface area contributed by atoms with Crippen molar-refractivity contribution < 1.29 is 23.9 Å². The van der Waals surface area contributed by atoms with Gasteiger partial charge in [-0.05, 0) is 13.8 Å². The summed E-state index contributed by atoms with van der Waals surface area (Å²) in [5, 5.41) is 0. The van der Waals surface area contributed by atoms with E-state index in [1.807, 2.05) is 0 Å². The third-order valence-corrected chi connectivity index (χ3v) is 2.42. The number of Topliss-reactive ketones (excluding diaryl/α,β-unsaturated/α-hetero) is 2. The number of hydrogen-bond donors (Lipinski definition) is 0. The van der Waals surface area contributed by atoms with Crippen LogP contribution in [0.3, 0.4) is 0 Å². The zero-order valence-corrected chi connectivity index (χ0v) is 8.61. The van der Waals surface area contributed by atoms with E-state index in [1.165, 1.54) is 13.8 Å². The first-order valence-electron chi connectivity index (χ1n) is 4.66. The Morgan fingerprint density at radius 2 is 2.00 bits per heavy atom. The van der Waals surface area contributed by atoms with Crippen LogP contribution < -0.4 is 0 Å². The Balaban J connectivity index is 2.80. The van der Waals surface area contributed by atoms with Gasteiger partial charge < -0.3 is 9.53 Å². The normalized spacial score (nSPS) is 22.4. The van der Waals surface area contributed by atoms with Crippen molar-refractivity contribution in [3.63, 3.8) is 0 Å². The van der Waals surface area contributed by atoms with Gasteiger partial charge in [-0.2, -0.15) is 0 Å². The first-order valence-corrected chi connectivity index (χ1v) is 4.66. The third kappa shape index (κ3) is 2.71. The molecule has 0 aromatic carbocycles. The van der Waals surface area contributed by atoms with Crippen LogP contribution in [0, 0.1) is 11.8 Å². The highest BCUT2D eigenvalue weighted by atomic mass is 16.6. The lowest BCUT2D eigenvalue weighted by Gasteiger charge is -2.14. The van der Waals surface area contributed by atoms with Gasteiger partial charge in [0.2, 0.25) is 0 Å². The number of ether oxygens (including phenoxy) is 1. The van der Waals surface area contributed by atoms with Gasteiger partial charge in [0.15, 0.2) is 0 Å². The van der Waals surface area contributed by atoms with Gasteiger partial charge in [0, 0.05) is 12.3 Å². The second-order valence-corrected chi connectivity index (χ2v) is 3.73. The lowest BCUT2D eigenvalue weighted by molar-refractivity contribution is -0.154. The maximum absolute atomic E-state index is 11.2. The number of rotatable bonds is 4. The van der Waals surface area contributed by atoms with Crippen LogP contribution in [0.5, 0.6) is 0 Å². The summed E-state index contributed by atoms with van der Waals surface area (Å²) in [4.78, 5) is 44.2. The fourth-order valence-electron chi connectivity index (χ4n) is 1.68. The first kappa shape index (κ1) is 11.6. The molecular weight excluding hydrogens is 200 g/mol. The third-order valence-electron chi connectivity index (χ3n) is 2.42. The zero-order chi connectivity index (χ0) is 11.6. The molecular formula is C10H12O5. The number of cyclic esters (lactones) is 2. The molecule has 1 aliphatic heterocycles. The van der Waals surface area contributed by atoms with Crippen molar-refractivity contribution in [1.82, 2.24) is 0 Å². The summed E-state index contributed by atoms with van der Waals surface area (Å²) in [6.07, 6.45) is -0.112. The molecule has 0 N–H and O–H groups in total. The van der Waals surface area contributed by atoms with Crippen LogP contribution in [0.1, 0.15) is 26.7 Å². The van der Waals surface area contributed by atoms with E-state index in [2.05, 4.69) is 4.74 Å². The van der Waals surface area contributed by atoms with Crippen LogP contribution in [0.4, 0.5) is 0 Å². The Labute approximate surface area is 86.8 Å². The van der Waals surface area contributed by atoms with E-state index in [0.29, 0.717) is 0 Å². The molecule has 0 amide bonds. The highest BCUT2D eigenvalue weighted by Gasteiger charge is 2.41. The number of carbonyl (C=O) groups is 4. The quantitative estimate of drug-likeness (QED) is 0.493. The summed E-state index contributed by atoms with van der Waals surface area (Å²) in [5.74, 6) is -3.26. The van der Waals surface area contributed by atoms with E-state index in [-0.39, 0.29) is 24.4 Å². The summed E-state index contributed by atoms with van der Waals surface area (Å²) in [7, 11) is 0. The number of ketones is 2. The molecule has 5 nitrogen and oxygen atoms in total. The van der Waals surface area contributed by atoms with Crippen molar-refractivity contribution in [3.8, 4) is 0 Å². The van der Waals surface area contributed by atoms with Gasteiger partial charge in [-0.1, -0.05) is 0 Å². The van der Waals surface area contributed by atoms with Crippen LogP contribution in [-0.4, -0.2) is 23.5 Å². The maximum Gasteiger partial charge on any atom is 0.317 e. The Hall–Kier alpha value is -1.52. The standard InChI is InChI=1S/C10H12O5/c1-5(11)3-7(6(2)12)8-4-9(13)15-10(8)14/h7-8H,3-4H2,1-2H3. The van der Waals surface area contributed by atoms with Crippen molar-refractivity contribution in [2.75, 3.05) is 0 Å². The second kappa shape index (κ2) is 4.33. The van der Waals surface area contributed by atoms with E-state index >= 15 is 0 Å². The predicted octanol–water partition coefficient (Wildman–Crippen LogP) is 0.260. The molecule has 2 atom stereocenters. The largest absolute Gasteiger partial charge is 0.393 e. The van der Waals surface area contributed by atoms with E-state index < -0.39 is 23.8 Å². The fourth-order valence-corrected chi connectivity index (χ4v) is 1.68. The monoisotopic (exact) mass is 212 g/mol. The molecule has 1 saturated heterocycles. The molecule has 2 unspecified atom stereocenters. The minimum atomic E-state index is -0.779. The molecule has 0 aliphatic carbocycles. The van der Waals surface area contributed by atoms with Crippen molar-refractivity contribution in [1.29, 1.82) is 0 Å². The number of esters is 2. The molecule has 5 heteroatoms. The van der Waals surface area contributed by atoms with E-state index in [4.69, 9.17) is 0 Å². The topological polar surface area (TPSA) is 77.5 Å². The van der Waals surface area contributed by atoms with Gasteiger partial charge >= 0.3 is 11.9 Å². The molecule has 0 radical (unpaired) electrons. The van der Waals surface area contributed by atoms with Crippen molar-refractivity contribution in [2.45, 2.75) is 26.7 Å². The van der Waals surface area contributed by atoms with Crippen LogP contribution in [0.2, 0.25) is 0 Å². The fraction of sp³-hybridized carbons (Fsp3) is 0.600. The SMILES string of the molecule is CC(=O)CC(C(C)=O)C1CC(=O)OC1=O. The molecule has 0 bridgehead atoms. The van der Waals surface area contributed by atoms with Crippen molar-refractivity contribution in [3.05, 3.63) is 0 Å². The highest BCUT2D eigenvalue weighted by Crippen LogP contribution is 2.27. The van der Waals surface area contributed by atoms with Gasteiger partial charge in [-0.15, -0.1) is 0 Å². The number of carbonyl (C=O) groups excluding carboxylic acids is 4. The summed E-state index contributed by atoms with van der Waals surface area (Å²) in [6.45, 7) is 2.65. The molecule has 0 saturated carbocycles. The Bertz CT molecular complexity index is 331. The van der Waals surface area contributed by atoms with Crippen LogP contribution >= 0.6 is 0 Å². The Kier molecular flexibility index (Phi) is 3.34. The molecule has 0 spiro atoms. The summed E-state index contributed by atoms with van der Waals surface area (Å²) in [5.41, 5.74) is 0. The molecule has 0 aromatic rings. The van der Waals surface area contributed by atoms with Gasteiger partial charge in [0.25, 0.3) is 0 Å². The molecule has 1 rings (SSSR count). The first-order chi connectivity index (χ1) is 6.91. The minimum Gasteiger partial charge on any atom is -0.393 e.